The van der Waals surface area contributed by atoms with Crippen LogP contribution in [-0.4, -0.2) is 70.0 Å². The Hall–Kier alpha value is -5.66. The summed E-state index contributed by atoms with van der Waals surface area (Å²) in [5, 5.41) is 24.2. The van der Waals surface area contributed by atoms with Crippen LogP contribution >= 0.6 is 0 Å². The minimum atomic E-state index is -1.21. The average molecular weight is 638 g/mol. The van der Waals surface area contributed by atoms with E-state index in [1.54, 1.807) is 28.8 Å². The van der Waals surface area contributed by atoms with E-state index in [0.717, 1.165) is 5.56 Å². The van der Waals surface area contributed by atoms with Gasteiger partial charge in [-0.1, -0.05) is 6.92 Å². The maximum Gasteiger partial charge on any atom is 0.290 e. The molecule has 14 nitrogen and oxygen atoms in total. The number of carboxylic acid groups (broad SMARTS) is 1. The van der Waals surface area contributed by atoms with Gasteiger partial charge in [-0.25, -0.2) is 14.4 Å². The second-order valence-electron chi connectivity index (χ2n) is 9.49. The highest BCUT2D eigenvalue weighted by Gasteiger charge is 2.20. The molecular formula is C30H33F2N9O5. The molecule has 242 valence electrons. The fraction of sp³-hybridized carbons (Fsp3) is 0.267. The lowest BCUT2D eigenvalue weighted by Gasteiger charge is -2.14. The fourth-order valence-corrected chi connectivity index (χ4v) is 4.38. The molecule has 46 heavy (non-hydrogen) atoms. The number of hydrogen-bond acceptors (Lipinski definition) is 10. The lowest BCUT2D eigenvalue weighted by atomic mass is 10.0. The Morgan fingerprint density at radius 2 is 1.91 bits per heavy atom. The molecule has 0 fully saturated rings. The average Bonchev–Trinajstić information content (AvgIpc) is 3.49. The number of nitrogens with zero attached hydrogens (tertiary/aromatic N) is 4. The normalized spacial score (nSPS) is 11.0. The van der Waals surface area contributed by atoms with Crippen molar-refractivity contribution >= 4 is 35.4 Å². The quantitative estimate of drug-likeness (QED) is 0.0920. The topological polar surface area (TPSA) is 223 Å². The van der Waals surface area contributed by atoms with Crippen LogP contribution in [0.3, 0.4) is 0 Å². The van der Waals surface area contributed by atoms with E-state index in [-0.39, 0.29) is 48.4 Å². The van der Waals surface area contributed by atoms with Crippen LogP contribution in [0.2, 0.25) is 0 Å². The second-order valence-corrected chi connectivity index (χ2v) is 9.49. The van der Waals surface area contributed by atoms with Crippen LogP contribution in [0.4, 0.5) is 20.3 Å². The minimum absolute atomic E-state index is 0.0481. The first-order valence-corrected chi connectivity index (χ1v) is 14.0. The fourth-order valence-electron chi connectivity index (χ4n) is 4.38. The van der Waals surface area contributed by atoms with Crippen molar-refractivity contribution in [1.29, 1.82) is 5.26 Å². The lowest BCUT2D eigenvalue weighted by molar-refractivity contribution is -0.123. The predicted octanol–water partition coefficient (Wildman–Crippen LogP) is 2.11. The maximum absolute atomic E-state index is 14.9. The summed E-state index contributed by atoms with van der Waals surface area (Å²) in [7, 11) is 0. The van der Waals surface area contributed by atoms with Crippen LogP contribution in [0.5, 0.6) is 5.75 Å². The molecule has 2 aromatic carbocycles. The van der Waals surface area contributed by atoms with E-state index >= 15 is 0 Å². The van der Waals surface area contributed by atoms with Crippen LogP contribution < -0.4 is 32.2 Å². The van der Waals surface area contributed by atoms with Gasteiger partial charge in [-0.05, 0) is 55.3 Å². The summed E-state index contributed by atoms with van der Waals surface area (Å²) in [6, 6.07) is 8.83. The number of nitrogens with two attached hydrogens (primary N) is 2. The monoisotopic (exact) mass is 637 g/mol. The number of carbonyl (C=O) groups is 3. The zero-order chi connectivity index (χ0) is 33.6. The number of benzene rings is 2. The summed E-state index contributed by atoms with van der Waals surface area (Å²) in [6.45, 7) is 2.00. The largest absolute Gasteiger partial charge is 0.483 e. The number of ether oxygens (including phenoxy) is 1. The number of hydrogen-bond donors (Lipinski definition) is 6. The molecule has 16 heteroatoms. The zero-order valence-corrected chi connectivity index (χ0v) is 24.8. The van der Waals surface area contributed by atoms with Crippen molar-refractivity contribution in [2.45, 2.75) is 25.8 Å². The molecular weight excluding hydrogens is 604 g/mol. The molecule has 0 radical (unpaired) electrons. The number of carbonyl (C=O) groups excluding carboxylic acids is 2. The van der Waals surface area contributed by atoms with Crippen molar-refractivity contribution in [3.8, 4) is 23.1 Å². The highest BCUT2D eigenvalue weighted by Crippen LogP contribution is 2.32. The molecule has 0 saturated heterocycles. The van der Waals surface area contributed by atoms with Crippen LogP contribution in [-0.2, 0) is 16.0 Å². The first-order chi connectivity index (χ1) is 22.2. The Balaban J connectivity index is 0.00000185. The molecule has 4 rings (SSSR count). The van der Waals surface area contributed by atoms with Crippen LogP contribution in [0.25, 0.3) is 16.9 Å². The van der Waals surface area contributed by atoms with Crippen molar-refractivity contribution in [3.63, 3.8) is 0 Å². The third-order valence-electron chi connectivity index (χ3n) is 6.56. The number of aromatic nitrogens is 3. The summed E-state index contributed by atoms with van der Waals surface area (Å²) in [6.07, 6.45) is 5.39. The van der Waals surface area contributed by atoms with Gasteiger partial charge in [0.2, 0.25) is 11.7 Å². The molecule has 0 saturated carbocycles. The van der Waals surface area contributed by atoms with Crippen molar-refractivity contribution in [2.75, 3.05) is 31.6 Å². The first kappa shape index (κ1) is 34.8. The number of nitrogens with one attached hydrogen (secondary N) is 3. The van der Waals surface area contributed by atoms with E-state index in [9.17, 15) is 18.4 Å². The molecule has 0 spiro atoms. The number of rotatable bonds is 13. The van der Waals surface area contributed by atoms with Gasteiger partial charge in [0.25, 0.3) is 12.4 Å². The Labute approximate surface area is 262 Å². The van der Waals surface area contributed by atoms with E-state index in [1.807, 2.05) is 13.0 Å². The van der Waals surface area contributed by atoms with E-state index < -0.39 is 24.3 Å². The van der Waals surface area contributed by atoms with Crippen LogP contribution in [0.1, 0.15) is 29.3 Å². The van der Waals surface area contributed by atoms with Gasteiger partial charge in [-0.3, -0.25) is 18.8 Å². The van der Waals surface area contributed by atoms with Gasteiger partial charge in [0.15, 0.2) is 29.6 Å². The molecule has 0 aliphatic heterocycles. The highest BCUT2D eigenvalue weighted by atomic mass is 19.2. The number of nitriles is 1. The summed E-state index contributed by atoms with van der Waals surface area (Å²) >= 11 is 0. The molecule has 0 unspecified atom stereocenters. The van der Waals surface area contributed by atoms with E-state index in [1.165, 1.54) is 24.5 Å². The van der Waals surface area contributed by atoms with Crippen LogP contribution in [0.15, 0.2) is 48.9 Å². The third-order valence-corrected chi connectivity index (χ3v) is 6.56. The Morgan fingerprint density at radius 1 is 1.17 bits per heavy atom. The lowest BCUT2D eigenvalue weighted by Crippen LogP contribution is -2.44. The maximum atomic E-state index is 14.9. The van der Waals surface area contributed by atoms with Crippen molar-refractivity contribution in [1.82, 2.24) is 25.0 Å². The van der Waals surface area contributed by atoms with Gasteiger partial charge in [-0.2, -0.15) is 9.65 Å². The van der Waals surface area contributed by atoms with E-state index in [2.05, 4.69) is 25.9 Å². The van der Waals surface area contributed by atoms with E-state index in [0.29, 0.717) is 42.1 Å². The number of aryl methyl sites for hydroxylation is 1. The molecule has 0 bridgehead atoms. The van der Waals surface area contributed by atoms with Crippen LogP contribution in [0, 0.1) is 23.0 Å². The second kappa shape index (κ2) is 17.0. The van der Waals surface area contributed by atoms with Gasteiger partial charge < -0.3 is 37.3 Å². The van der Waals surface area contributed by atoms with Gasteiger partial charge >= 0.3 is 0 Å². The summed E-state index contributed by atoms with van der Waals surface area (Å²) in [5.41, 5.74) is 13.6. The molecule has 2 aromatic heterocycles. The standard InChI is InChI=1S/C29H31F2N9O3.CH2O2/c1-2-17-15-18(3-4-19(17)28(41)36-10-11-37-29(42)21(34)7-8-32)39-26-27-38-16-22(40(27)13-12-35-26)20-5-6-23(43-14-9-33)25(31)24(20)30;2-1-3/h3-6,12-13,15-16,21H,2,7-8,10-11,14,32,34H2,1H3,(H,35,39)(H,36,41)(H,37,42);1H,(H,2,3)/t21-;/m0./s1. The van der Waals surface area contributed by atoms with E-state index in [4.69, 9.17) is 31.4 Å². The molecule has 1 atom stereocenters. The number of halogens is 2. The van der Waals surface area contributed by atoms with Gasteiger partial charge in [0.05, 0.1) is 17.9 Å². The Kier molecular flexibility index (Phi) is 12.9. The molecule has 4 aromatic rings. The van der Waals surface area contributed by atoms with Gasteiger partial charge in [0.1, 0.15) is 6.07 Å². The Morgan fingerprint density at radius 3 is 2.61 bits per heavy atom. The minimum Gasteiger partial charge on any atom is -0.483 e. The number of fused-ring (bicyclic) bond motifs is 1. The molecule has 0 aliphatic rings. The number of imidazole rings is 1. The van der Waals surface area contributed by atoms with Crippen molar-refractivity contribution in [2.24, 2.45) is 11.5 Å². The summed E-state index contributed by atoms with van der Waals surface area (Å²) in [5.74, 6) is -2.97. The number of amides is 2. The Bertz CT molecular complexity index is 1730. The summed E-state index contributed by atoms with van der Waals surface area (Å²) < 4.78 is 36.0. The number of anilines is 2. The third kappa shape index (κ3) is 8.49. The molecule has 2 heterocycles. The zero-order valence-electron chi connectivity index (χ0n) is 24.8. The molecule has 0 aliphatic carbocycles. The van der Waals surface area contributed by atoms with Crippen molar-refractivity contribution in [3.05, 3.63) is 71.7 Å². The van der Waals surface area contributed by atoms with Gasteiger partial charge in [-0.15, -0.1) is 0 Å². The van der Waals surface area contributed by atoms with Crippen molar-refractivity contribution < 1.29 is 33.0 Å². The highest BCUT2D eigenvalue weighted by molar-refractivity contribution is 5.96. The van der Waals surface area contributed by atoms with Gasteiger partial charge in [0, 0.05) is 42.3 Å². The first-order valence-electron chi connectivity index (χ1n) is 14.0. The predicted molar refractivity (Wildman–Crippen MR) is 164 cm³/mol. The SMILES string of the molecule is CCc1cc(Nc2nccn3c(-c4ccc(OCC#N)c(F)c4F)cnc23)ccc1C(=O)NCCNC(=O)[C@@H](N)CCN.O=CO. The molecule has 8 N–H and O–H groups in total. The molecule has 2 amide bonds. The smallest absolute Gasteiger partial charge is 0.290 e. The summed E-state index contributed by atoms with van der Waals surface area (Å²) in [4.78, 5) is 41.8.